The summed E-state index contributed by atoms with van der Waals surface area (Å²) in [6, 6.07) is 15.3. The number of carbonyl (C=O) groups is 2. The summed E-state index contributed by atoms with van der Waals surface area (Å²) >= 11 is 0. The molecule has 0 saturated carbocycles. The van der Waals surface area contributed by atoms with Gasteiger partial charge in [0.25, 0.3) is 0 Å². The van der Waals surface area contributed by atoms with Crippen LogP contribution in [-0.2, 0) is 11.3 Å². The van der Waals surface area contributed by atoms with Crippen LogP contribution in [0.5, 0.6) is 11.5 Å². The lowest BCUT2D eigenvalue weighted by Gasteiger charge is -2.37. The third-order valence-electron chi connectivity index (χ3n) is 5.70. The summed E-state index contributed by atoms with van der Waals surface area (Å²) in [7, 11) is 1.63. The summed E-state index contributed by atoms with van der Waals surface area (Å²) in [6.07, 6.45) is 1.34. The number of anilines is 1. The smallest absolute Gasteiger partial charge is 0.324 e. The maximum Gasteiger partial charge on any atom is 0.324 e. The van der Waals surface area contributed by atoms with Crippen LogP contribution in [0.3, 0.4) is 0 Å². The number of fused-ring (bicyclic) bond motifs is 1. The highest BCUT2D eigenvalue weighted by molar-refractivity contribution is 5.94. The van der Waals surface area contributed by atoms with Gasteiger partial charge in [0.05, 0.1) is 19.3 Å². The van der Waals surface area contributed by atoms with Gasteiger partial charge < -0.3 is 19.7 Å². The number of ether oxygens (including phenoxy) is 2. The molecule has 0 aromatic heterocycles. The Morgan fingerprint density at radius 3 is 2.70 bits per heavy atom. The predicted octanol–water partition coefficient (Wildman–Crippen LogP) is 3.04. The van der Waals surface area contributed by atoms with E-state index in [2.05, 4.69) is 5.32 Å². The molecule has 2 aromatic carbocycles. The molecule has 0 radical (unpaired) electrons. The first-order valence-electron chi connectivity index (χ1n) is 10.3. The Hall–Kier alpha value is -3.22. The molecule has 2 aliphatic heterocycles. The number of hydrogen-bond acceptors (Lipinski definition) is 4. The zero-order valence-corrected chi connectivity index (χ0v) is 17.2. The third kappa shape index (κ3) is 4.35. The van der Waals surface area contributed by atoms with Gasteiger partial charge in [-0.3, -0.25) is 9.69 Å². The molecular weight excluding hydrogens is 382 g/mol. The van der Waals surface area contributed by atoms with E-state index in [4.69, 9.17) is 9.47 Å². The molecule has 1 saturated heterocycles. The fourth-order valence-electron chi connectivity index (χ4n) is 3.99. The van der Waals surface area contributed by atoms with Crippen molar-refractivity contribution in [2.45, 2.75) is 19.4 Å². The lowest BCUT2D eigenvalue weighted by atomic mass is 9.96. The number of benzene rings is 2. The minimum Gasteiger partial charge on any atom is -0.497 e. The van der Waals surface area contributed by atoms with Gasteiger partial charge in [-0.15, -0.1) is 0 Å². The molecule has 2 heterocycles. The molecule has 3 amide bonds. The van der Waals surface area contributed by atoms with Gasteiger partial charge in [0, 0.05) is 25.6 Å². The van der Waals surface area contributed by atoms with Crippen LogP contribution in [0.4, 0.5) is 10.5 Å². The average Bonchev–Trinajstić information content (AvgIpc) is 2.82. The van der Waals surface area contributed by atoms with Crippen molar-refractivity contribution in [2.24, 2.45) is 5.92 Å². The predicted molar refractivity (Wildman–Crippen MR) is 114 cm³/mol. The molecule has 2 aliphatic rings. The number of para-hydroxylation sites is 2. The van der Waals surface area contributed by atoms with Crippen molar-refractivity contribution in [3.8, 4) is 11.5 Å². The number of amides is 3. The van der Waals surface area contributed by atoms with Crippen molar-refractivity contribution in [1.82, 2.24) is 10.2 Å². The zero-order chi connectivity index (χ0) is 20.9. The van der Waals surface area contributed by atoms with Crippen LogP contribution in [0.1, 0.15) is 18.4 Å². The van der Waals surface area contributed by atoms with Crippen LogP contribution >= 0.6 is 0 Å². The van der Waals surface area contributed by atoms with Gasteiger partial charge in [-0.2, -0.15) is 0 Å². The molecule has 7 nitrogen and oxygen atoms in total. The van der Waals surface area contributed by atoms with Crippen molar-refractivity contribution in [2.75, 3.05) is 38.3 Å². The van der Waals surface area contributed by atoms with E-state index in [0.29, 0.717) is 45.6 Å². The number of nitrogens with one attached hydrogen (secondary N) is 1. The fraction of sp³-hybridized carbons (Fsp3) is 0.391. The molecule has 2 aromatic rings. The number of carbonyl (C=O) groups excluding carboxylic acids is 2. The summed E-state index contributed by atoms with van der Waals surface area (Å²) < 4.78 is 10.9. The Balaban J connectivity index is 1.29. The highest BCUT2D eigenvalue weighted by Crippen LogP contribution is 2.32. The van der Waals surface area contributed by atoms with Crippen LogP contribution in [0.25, 0.3) is 0 Å². The highest BCUT2D eigenvalue weighted by atomic mass is 16.5. The van der Waals surface area contributed by atoms with E-state index in [1.807, 2.05) is 53.4 Å². The first kappa shape index (κ1) is 20.1. The molecule has 158 valence electrons. The first-order valence-corrected chi connectivity index (χ1v) is 10.3. The van der Waals surface area contributed by atoms with Gasteiger partial charge in [0.2, 0.25) is 5.91 Å². The molecule has 0 atom stereocenters. The third-order valence-corrected chi connectivity index (χ3v) is 5.70. The second kappa shape index (κ2) is 9.07. The molecule has 0 aliphatic carbocycles. The molecule has 4 rings (SSSR count). The Morgan fingerprint density at radius 2 is 1.90 bits per heavy atom. The lowest BCUT2D eigenvalue weighted by molar-refractivity contribution is -0.126. The summed E-state index contributed by atoms with van der Waals surface area (Å²) in [6.45, 7) is 2.66. The van der Waals surface area contributed by atoms with E-state index in [1.165, 1.54) is 0 Å². The van der Waals surface area contributed by atoms with Crippen LogP contribution in [0, 0.1) is 5.92 Å². The molecule has 0 bridgehead atoms. The molecule has 7 heteroatoms. The number of rotatable bonds is 4. The van der Waals surface area contributed by atoms with Crippen LogP contribution in [-0.4, -0.2) is 50.2 Å². The molecule has 1 N–H and O–H groups in total. The normalized spacial score (nSPS) is 16.4. The van der Waals surface area contributed by atoms with E-state index >= 15 is 0 Å². The standard InChI is InChI=1S/C23H27N3O4/c1-29-19-6-4-5-17(15-19)16-24-22(27)18-9-11-25(12-10-18)23(28)26-13-14-30-21-8-3-2-7-20(21)26/h2-8,15,18H,9-14,16H2,1H3,(H,24,27). The first-order chi connectivity index (χ1) is 14.7. The number of nitrogens with zero attached hydrogens (tertiary/aromatic N) is 2. The van der Waals surface area contributed by atoms with Crippen molar-refractivity contribution in [1.29, 1.82) is 0 Å². The van der Waals surface area contributed by atoms with Crippen LogP contribution in [0.2, 0.25) is 0 Å². The average molecular weight is 409 g/mol. The van der Waals surface area contributed by atoms with Gasteiger partial charge in [0.1, 0.15) is 18.1 Å². The zero-order valence-electron chi connectivity index (χ0n) is 17.2. The second-order valence-corrected chi connectivity index (χ2v) is 7.58. The second-order valence-electron chi connectivity index (χ2n) is 7.58. The topological polar surface area (TPSA) is 71.1 Å². The van der Waals surface area contributed by atoms with E-state index in [9.17, 15) is 9.59 Å². The molecule has 1 fully saturated rings. The minimum absolute atomic E-state index is 0.0130. The van der Waals surface area contributed by atoms with Crippen LogP contribution in [0.15, 0.2) is 48.5 Å². The summed E-state index contributed by atoms with van der Waals surface area (Å²) in [5.41, 5.74) is 1.81. The van der Waals surface area contributed by atoms with E-state index in [1.54, 1.807) is 12.0 Å². The van der Waals surface area contributed by atoms with Crippen molar-refractivity contribution in [3.05, 3.63) is 54.1 Å². The van der Waals surface area contributed by atoms with Gasteiger partial charge in [-0.1, -0.05) is 24.3 Å². The number of piperidine rings is 1. The van der Waals surface area contributed by atoms with Gasteiger partial charge in [-0.05, 0) is 42.7 Å². The quantitative estimate of drug-likeness (QED) is 0.843. The minimum atomic E-state index is -0.0726. The number of hydrogen-bond donors (Lipinski definition) is 1. The van der Waals surface area contributed by atoms with Gasteiger partial charge in [-0.25, -0.2) is 4.79 Å². The number of likely N-dealkylation sites (tertiary alicyclic amines) is 1. The SMILES string of the molecule is COc1cccc(CNC(=O)C2CCN(C(=O)N3CCOc4ccccc43)CC2)c1. The molecule has 30 heavy (non-hydrogen) atoms. The Morgan fingerprint density at radius 1 is 1.10 bits per heavy atom. The lowest BCUT2D eigenvalue weighted by Crippen LogP contribution is -2.50. The van der Waals surface area contributed by atoms with Crippen LogP contribution < -0.4 is 19.7 Å². The van der Waals surface area contributed by atoms with E-state index < -0.39 is 0 Å². The Labute approximate surface area is 176 Å². The Bertz CT molecular complexity index is 909. The largest absolute Gasteiger partial charge is 0.497 e. The Kier molecular flexibility index (Phi) is 6.07. The van der Waals surface area contributed by atoms with Crippen molar-refractivity contribution < 1.29 is 19.1 Å². The number of urea groups is 1. The van der Waals surface area contributed by atoms with E-state index in [0.717, 1.165) is 22.7 Å². The monoisotopic (exact) mass is 409 g/mol. The van der Waals surface area contributed by atoms with E-state index in [-0.39, 0.29) is 17.9 Å². The van der Waals surface area contributed by atoms with Crippen molar-refractivity contribution in [3.63, 3.8) is 0 Å². The maximum atomic E-state index is 13.0. The summed E-state index contributed by atoms with van der Waals surface area (Å²) in [5.74, 6) is 1.49. The fourth-order valence-corrected chi connectivity index (χ4v) is 3.99. The molecule has 0 unspecified atom stereocenters. The summed E-state index contributed by atoms with van der Waals surface area (Å²) in [5, 5.41) is 3.02. The van der Waals surface area contributed by atoms with Gasteiger partial charge in [0.15, 0.2) is 0 Å². The van der Waals surface area contributed by atoms with Gasteiger partial charge >= 0.3 is 6.03 Å². The maximum absolute atomic E-state index is 13.0. The molecule has 0 spiro atoms. The number of methoxy groups -OCH3 is 1. The molecular formula is C23H27N3O4. The summed E-state index contributed by atoms with van der Waals surface area (Å²) in [4.78, 5) is 29.3. The highest BCUT2D eigenvalue weighted by Gasteiger charge is 2.32. The van der Waals surface area contributed by atoms with Crippen molar-refractivity contribution >= 4 is 17.6 Å².